The summed E-state index contributed by atoms with van der Waals surface area (Å²) in [4.78, 5) is 12.7. The summed E-state index contributed by atoms with van der Waals surface area (Å²) in [5.41, 5.74) is 2.00. The number of nitrogens with zero attached hydrogens (tertiary/aromatic N) is 2. The number of nitrogens with one attached hydrogen (secondary N) is 1. The van der Waals surface area contributed by atoms with E-state index in [9.17, 15) is 4.79 Å². The van der Waals surface area contributed by atoms with Gasteiger partial charge < -0.3 is 5.32 Å². The van der Waals surface area contributed by atoms with Gasteiger partial charge in [0.25, 0.3) is 5.91 Å². The second-order valence-electron chi connectivity index (χ2n) is 4.01. The van der Waals surface area contributed by atoms with Crippen LogP contribution in [0.5, 0.6) is 0 Å². The molecule has 2 heterocycles. The van der Waals surface area contributed by atoms with Crippen LogP contribution in [-0.2, 0) is 13.1 Å². The van der Waals surface area contributed by atoms with Gasteiger partial charge in [-0.25, -0.2) is 0 Å². The van der Waals surface area contributed by atoms with Crippen LogP contribution in [0.15, 0.2) is 20.5 Å². The number of hydrogen-bond acceptors (Lipinski definition) is 3. The summed E-state index contributed by atoms with van der Waals surface area (Å²) < 4.78 is 3.69. The van der Waals surface area contributed by atoms with E-state index in [1.54, 1.807) is 0 Å². The first-order valence-electron chi connectivity index (χ1n) is 5.77. The quantitative estimate of drug-likeness (QED) is 0.840. The molecule has 0 atom stereocenters. The zero-order valence-corrected chi connectivity index (χ0v) is 14.5. The smallest absolute Gasteiger partial charge is 0.261 e. The number of halogens is 2. The van der Waals surface area contributed by atoms with Gasteiger partial charge in [-0.15, -0.1) is 11.3 Å². The molecule has 0 aliphatic rings. The lowest BCUT2D eigenvalue weighted by molar-refractivity contribution is 0.0955. The molecule has 0 saturated carbocycles. The van der Waals surface area contributed by atoms with E-state index in [-0.39, 0.29) is 5.91 Å². The predicted octanol–water partition coefficient (Wildman–Crippen LogP) is 3.73. The molecule has 0 aliphatic heterocycles. The number of carbonyl (C=O) groups is 1. The fourth-order valence-electron chi connectivity index (χ4n) is 1.62. The van der Waals surface area contributed by atoms with E-state index in [2.05, 4.69) is 42.3 Å². The third-order valence-corrected chi connectivity index (χ3v) is 5.94. The van der Waals surface area contributed by atoms with Gasteiger partial charge in [-0.3, -0.25) is 9.48 Å². The minimum atomic E-state index is -0.0694. The molecule has 0 saturated heterocycles. The number of amides is 1. The molecule has 0 fully saturated rings. The maximum absolute atomic E-state index is 12.0. The Kier molecular flexibility index (Phi) is 4.81. The summed E-state index contributed by atoms with van der Waals surface area (Å²) >= 11 is 8.17. The number of carbonyl (C=O) groups excluding carboxylic acids is 1. The Morgan fingerprint density at radius 2 is 2.26 bits per heavy atom. The van der Waals surface area contributed by atoms with Crippen LogP contribution in [0.25, 0.3) is 0 Å². The Hall–Kier alpha value is -0.660. The maximum atomic E-state index is 12.0. The van der Waals surface area contributed by atoms with Crippen molar-refractivity contribution in [2.24, 2.45) is 0 Å². The molecule has 0 spiro atoms. The summed E-state index contributed by atoms with van der Waals surface area (Å²) in [5, 5.41) is 7.26. The monoisotopic (exact) mass is 405 g/mol. The molecule has 2 aromatic rings. The lowest BCUT2D eigenvalue weighted by atomic mass is 10.2. The minimum Gasteiger partial charge on any atom is -0.347 e. The van der Waals surface area contributed by atoms with Gasteiger partial charge in [-0.05, 0) is 51.8 Å². The molecule has 2 rings (SSSR count). The summed E-state index contributed by atoms with van der Waals surface area (Å²) in [6, 6.07) is 1.81. The molecule has 0 radical (unpaired) electrons. The average molecular weight is 407 g/mol. The molecular formula is C12H13Br2N3OS. The van der Waals surface area contributed by atoms with E-state index in [1.165, 1.54) is 11.3 Å². The highest BCUT2D eigenvalue weighted by molar-refractivity contribution is 9.13. The van der Waals surface area contributed by atoms with Gasteiger partial charge in [0, 0.05) is 29.3 Å². The Morgan fingerprint density at radius 1 is 1.53 bits per heavy atom. The molecule has 0 bridgehead atoms. The Labute approximate surface area is 132 Å². The lowest BCUT2D eigenvalue weighted by Gasteiger charge is -2.01. The van der Waals surface area contributed by atoms with Crippen LogP contribution in [0.2, 0.25) is 0 Å². The number of aryl methyl sites for hydroxylation is 2. The van der Waals surface area contributed by atoms with Crippen molar-refractivity contribution in [1.29, 1.82) is 0 Å². The molecular weight excluding hydrogens is 394 g/mol. The van der Waals surface area contributed by atoms with Crippen LogP contribution < -0.4 is 5.32 Å². The van der Waals surface area contributed by atoms with Crippen LogP contribution in [0.3, 0.4) is 0 Å². The first-order valence-corrected chi connectivity index (χ1v) is 8.17. The molecule has 19 heavy (non-hydrogen) atoms. The SMILES string of the molecule is CCn1cc(CNC(=O)c2cc(Br)c(Br)s2)c(C)n1. The van der Waals surface area contributed by atoms with Crippen molar-refractivity contribution in [3.63, 3.8) is 0 Å². The second-order valence-corrected chi connectivity index (χ2v) is 7.23. The predicted molar refractivity (Wildman–Crippen MR) is 83.5 cm³/mol. The fraction of sp³-hybridized carbons (Fsp3) is 0.333. The fourth-order valence-corrected chi connectivity index (χ4v) is 3.57. The van der Waals surface area contributed by atoms with Gasteiger partial charge >= 0.3 is 0 Å². The summed E-state index contributed by atoms with van der Waals surface area (Å²) in [5.74, 6) is -0.0694. The summed E-state index contributed by atoms with van der Waals surface area (Å²) in [6.07, 6.45) is 1.97. The normalized spacial score (nSPS) is 10.7. The summed E-state index contributed by atoms with van der Waals surface area (Å²) in [7, 11) is 0. The Morgan fingerprint density at radius 3 is 2.79 bits per heavy atom. The highest BCUT2D eigenvalue weighted by atomic mass is 79.9. The van der Waals surface area contributed by atoms with Crippen LogP contribution in [-0.4, -0.2) is 15.7 Å². The van der Waals surface area contributed by atoms with Crippen molar-refractivity contribution in [2.45, 2.75) is 26.9 Å². The molecule has 0 aliphatic carbocycles. The third kappa shape index (κ3) is 3.46. The summed E-state index contributed by atoms with van der Waals surface area (Å²) in [6.45, 7) is 5.32. The zero-order valence-electron chi connectivity index (χ0n) is 10.5. The Bertz CT molecular complexity index is 587. The molecule has 1 amide bonds. The third-order valence-electron chi connectivity index (χ3n) is 2.68. The molecule has 0 aromatic carbocycles. The molecule has 7 heteroatoms. The largest absolute Gasteiger partial charge is 0.347 e. The van der Waals surface area contributed by atoms with E-state index in [0.29, 0.717) is 11.4 Å². The van der Waals surface area contributed by atoms with Crippen molar-refractivity contribution in [3.05, 3.63) is 36.7 Å². The van der Waals surface area contributed by atoms with Crippen LogP contribution in [0.1, 0.15) is 27.9 Å². The van der Waals surface area contributed by atoms with E-state index in [0.717, 1.165) is 26.1 Å². The van der Waals surface area contributed by atoms with Crippen molar-refractivity contribution in [1.82, 2.24) is 15.1 Å². The van der Waals surface area contributed by atoms with Gasteiger partial charge in [0.15, 0.2) is 0 Å². The van der Waals surface area contributed by atoms with Crippen LogP contribution >= 0.6 is 43.2 Å². The van der Waals surface area contributed by atoms with E-state index < -0.39 is 0 Å². The van der Waals surface area contributed by atoms with E-state index >= 15 is 0 Å². The topological polar surface area (TPSA) is 46.9 Å². The highest BCUT2D eigenvalue weighted by Crippen LogP contribution is 2.32. The van der Waals surface area contributed by atoms with Crippen molar-refractivity contribution < 1.29 is 4.79 Å². The van der Waals surface area contributed by atoms with E-state index in [4.69, 9.17) is 0 Å². The van der Waals surface area contributed by atoms with Gasteiger partial charge in [0.1, 0.15) is 0 Å². The zero-order chi connectivity index (χ0) is 14.0. The van der Waals surface area contributed by atoms with Crippen LogP contribution in [0, 0.1) is 6.92 Å². The number of rotatable bonds is 4. The molecule has 4 nitrogen and oxygen atoms in total. The van der Waals surface area contributed by atoms with Crippen molar-refractivity contribution in [2.75, 3.05) is 0 Å². The van der Waals surface area contributed by atoms with Gasteiger partial charge in [-0.2, -0.15) is 5.10 Å². The second kappa shape index (κ2) is 6.19. The highest BCUT2D eigenvalue weighted by Gasteiger charge is 2.12. The molecule has 102 valence electrons. The van der Waals surface area contributed by atoms with Crippen molar-refractivity contribution in [3.8, 4) is 0 Å². The number of aromatic nitrogens is 2. The lowest BCUT2D eigenvalue weighted by Crippen LogP contribution is -2.21. The van der Waals surface area contributed by atoms with Crippen LogP contribution in [0.4, 0.5) is 0 Å². The minimum absolute atomic E-state index is 0.0694. The maximum Gasteiger partial charge on any atom is 0.261 e. The first kappa shape index (κ1) is 14.7. The molecule has 2 aromatic heterocycles. The first-order chi connectivity index (χ1) is 9.01. The number of thiophene rings is 1. The number of hydrogen-bond donors (Lipinski definition) is 1. The van der Waals surface area contributed by atoms with Gasteiger partial charge in [0.05, 0.1) is 14.4 Å². The molecule has 1 N–H and O–H groups in total. The average Bonchev–Trinajstić information content (AvgIpc) is 2.90. The van der Waals surface area contributed by atoms with Gasteiger partial charge in [0.2, 0.25) is 0 Å². The molecule has 0 unspecified atom stereocenters. The Balaban J connectivity index is 2.02. The van der Waals surface area contributed by atoms with E-state index in [1.807, 2.05) is 30.8 Å². The standard InChI is InChI=1S/C12H13Br2N3OS/c1-3-17-6-8(7(2)16-17)5-15-12(18)10-4-9(13)11(14)19-10/h4,6H,3,5H2,1-2H3,(H,15,18). The van der Waals surface area contributed by atoms with Crippen molar-refractivity contribution >= 4 is 49.1 Å². The van der Waals surface area contributed by atoms with Gasteiger partial charge in [-0.1, -0.05) is 0 Å².